The summed E-state index contributed by atoms with van der Waals surface area (Å²) in [6.07, 6.45) is 3.48. The zero-order valence-electron chi connectivity index (χ0n) is 10.5. The molecule has 1 aliphatic rings. The summed E-state index contributed by atoms with van der Waals surface area (Å²) < 4.78 is 25.0. The molecule has 6 nitrogen and oxygen atoms in total. The van der Waals surface area contributed by atoms with Crippen molar-refractivity contribution >= 4 is 26.0 Å². The van der Waals surface area contributed by atoms with Crippen LogP contribution in [0.2, 0.25) is 0 Å². The van der Waals surface area contributed by atoms with Crippen LogP contribution in [0.5, 0.6) is 0 Å². The van der Waals surface area contributed by atoms with Crippen molar-refractivity contribution in [3.63, 3.8) is 0 Å². The number of primary sulfonamides is 1. The van der Waals surface area contributed by atoms with Gasteiger partial charge in [0.2, 0.25) is 10.0 Å². The van der Waals surface area contributed by atoms with Crippen LogP contribution in [-0.2, 0) is 14.8 Å². The van der Waals surface area contributed by atoms with Crippen LogP contribution >= 0.6 is 15.9 Å². The minimum atomic E-state index is -3.69. The molecule has 8 heteroatoms. The number of para-hydroxylation sites is 1. The first-order chi connectivity index (χ1) is 9.44. The molecule has 1 aromatic heterocycles. The molecule has 0 unspecified atom stereocenters. The van der Waals surface area contributed by atoms with E-state index < -0.39 is 14.8 Å². The van der Waals surface area contributed by atoms with Crippen molar-refractivity contribution in [3.05, 3.63) is 40.6 Å². The summed E-state index contributed by atoms with van der Waals surface area (Å²) in [6.45, 7) is 0. The SMILES string of the molecule is NS(=O)(=O)C1(c2cn(-c3ccccc3Br)nn2)CCC1. The van der Waals surface area contributed by atoms with Crippen LogP contribution in [0, 0.1) is 0 Å². The Hall–Kier alpha value is -1.25. The Kier molecular flexibility index (Phi) is 3.19. The summed E-state index contributed by atoms with van der Waals surface area (Å²) in [5.41, 5.74) is 1.22. The minimum Gasteiger partial charge on any atom is -0.228 e. The summed E-state index contributed by atoms with van der Waals surface area (Å²) in [5.74, 6) is 0. The number of hydrogen-bond acceptors (Lipinski definition) is 4. The van der Waals surface area contributed by atoms with Gasteiger partial charge in [-0.25, -0.2) is 18.2 Å². The second kappa shape index (κ2) is 4.64. The Morgan fingerprint density at radius 3 is 2.55 bits per heavy atom. The highest BCUT2D eigenvalue weighted by Gasteiger charge is 2.50. The fraction of sp³-hybridized carbons (Fsp3) is 0.333. The molecule has 1 heterocycles. The van der Waals surface area contributed by atoms with Crippen molar-refractivity contribution in [2.75, 3.05) is 0 Å². The van der Waals surface area contributed by atoms with E-state index in [-0.39, 0.29) is 0 Å². The number of benzene rings is 1. The van der Waals surface area contributed by atoms with Gasteiger partial charge in [0, 0.05) is 4.47 Å². The van der Waals surface area contributed by atoms with E-state index in [9.17, 15) is 8.42 Å². The number of hydrogen-bond donors (Lipinski definition) is 1. The molecule has 2 N–H and O–H groups in total. The van der Waals surface area contributed by atoms with Crippen molar-refractivity contribution in [1.29, 1.82) is 0 Å². The first kappa shape index (κ1) is 13.7. The highest BCUT2D eigenvalue weighted by atomic mass is 79.9. The van der Waals surface area contributed by atoms with Crippen LogP contribution in [0.3, 0.4) is 0 Å². The van der Waals surface area contributed by atoms with E-state index in [1.165, 1.54) is 0 Å². The molecule has 3 rings (SSSR count). The molecule has 1 aliphatic carbocycles. The van der Waals surface area contributed by atoms with Gasteiger partial charge >= 0.3 is 0 Å². The standard InChI is InChI=1S/C12H13BrN4O2S/c13-9-4-1-2-5-10(9)17-8-11(15-16-17)12(6-3-7-12)20(14,18)19/h1-2,4-5,8H,3,6-7H2,(H2,14,18,19). The van der Waals surface area contributed by atoms with Gasteiger partial charge in [-0.2, -0.15) is 0 Å². The number of nitrogens with two attached hydrogens (primary N) is 1. The molecule has 0 saturated heterocycles. The van der Waals surface area contributed by atoms with Gasteiger partial charge in [0.15, 0.2) is 0 Å². The molecule has 20 heavy (non-hydrogen) atoms. The number of nitrogens with zero attached hydrogens (tertiary/aromatic N) is 3. The summed E-state index contributed by atoms with van der Waals surface area (Å²) in [6, 6.07) is 7.52. The van der Waals surface area contributed by atoms with E-state index in [2.05, 4.69) is 26.2 Å². The van der Waals surface area contributed by atoms with Crippen LogP contribution in [-0.4, -0.2) is 23.4 Å². The van der Waals surface area contributed by atoms with Crippen molar-refractivity contribution in [3.8, 4) is 5.69 Å². The lowest BCUT2D eigenvalue weighted by atomic mass is 9.82. The average molecular weight is 357 g/mol. The van der Waals surface area contributed by atoms with E-state index in [4.69, 9.17) is 5.14 Å². The van der Waals surface area contributed by atoms with E-state index in [1.54, 1.807) is 10.9 Å². The lowest BCUT2D eigenvalue weighted by Crippen LogP contribution is -2.46. The second-order valence-corrected chi connectivity index (χ2v) is 7.62. The quantitative estimate of drug-likeness (QED) is 0.905. The topological polar surface area (TPSA) is 90.9 Å². The van der Waals surface area contributed by atoms with Crippen molar-refractivity contribution in [2.24, 2.45) is 5.14 Å². The van der Waals surface area contributed by atoms with Crippen LogP contribution in [0.4, 0.5) is 0 Å². The fourth-order valence-corrected chi connectivity index (χ4v) is 4.12. The average Bonchev–Trinajstić information content (AvgIpc) is 2.75. The molecule has 0 atom stereocenters. The first-order valence-corrected chi connectivity index (χ1v) is 8.48. The monoisotopic (exact) mass is 356 g/mol. The van der Waals surface area contributed by atoms with Gasteiger partial charge < -0.3 is 0 Å². The first-order valence-electron chi connectivity index (χ1n) is 6.14. The highest BCUT2D eigenvalue weighted by Crippen LogP contribution is 2.46. The van der Waals surface area contributed by atoms with Crippen LogP contribution in [0.25, 0.3) is 5.69 Å². The van der Waals surface area contributed by atoms with Gasteiger partial charge in [0.25, 0.3) is 0 Å². The predicted molar refractivity (Wildman–Crippen MR) is 77.7 cm³/mol. The Labute approximate surface area is 125 Å². The van der Waals surface area contributed by atoms with Gasteiger partial charge in [-0.05, 0) is 47.3 Å². The number of sulfonamides is 1. The lowest BCUT2D eigenvalue weighted by molar-refractivity contribution is 0.337. The molecule has 1 aromatic carbocycles. The number of aromatic nitrogens is 3. The molecule has 1 fully saturated rings. The summed E-state index contributed by atoms with van der Waals surface area (Å²) in [5, 5.41) is 13.4. The predicted octanol–water partition coefficient (Wildman–Crippen LogP) is 1.70. The Morgan fingerprint density at radius 2 is 2.00 bits per heavy atom. The van der Waals surface area contributed by atoms with Gasteiger partial charge in [-0.1, -0.05) is 17.3 Å². The Bertz CT molecular complexity index is 752. The summed E-state index contributed by atoms with van der Waals surface area (Å²) in [4.78, 5) is 0. The Morgan fingerprint density at radius 1 is 1.30 bits per heavy atom. The van der Waals surface area contributed by atoms with Crippen LogP contribution in [0.1, 0.15) is 25.0 Å². The van der Waals surface area contributed by atoms with Crippen molar-refractivity contribution in [2.45, 2.75) is 24.0 Å². The number of rotatable bonds is 3. The lowest BCUT2D eigenvalue weighted by Gasteiger charge is -2.37. The van der Waals surface area contributed by atoms with E-state index in [0.717, 1.165) is 16.6 Å². The maximum Gasteiger partial charge on any atom is 0.220 e. The molecule has 0 amide bonds. The molecule has 1 saturated carbocycles. The van der Waals surface area contributed by atoms with Crippen LogP contribution < -0.4 is 5.14 Å². The molecule has 0 spiro atoms. The normalized spacial score (nSPS) is 17.7. The third kappa shape index (κ3) is 1.99. The highest BCUT2D eigenvalue weighted by molar-refractivity contribution is 9.10. The van der Waals surface area contributed by atoms with Gasteiger partial charge in [0.1, 0.15) is 10.4 Å². The smallest absolute Gasteiger partial charge is 0.220 e. The molecule has 2 aromatic rings. The maximum absolute atomic E-state index is 11.8. The zero-order chi connectivity index (χ0) is 14.4. The molecule has 0 aliphatic heterocycles. The molecular formula is C12H13BrN4O2S. The number of halogens is 1. The summed E-state index contributed by atoms with van der Waals surface area (Å²) in [7, 11) is -3.69. The van der Waals surface area contributed by atoms with Crippen molar-refractivity contribution < 1.29 is 8.42 Å². The Balaban J connectivity index is 2.06. The van der Waals surface area contributed by atoms with Gasteiger partial charge in [0.05, 0.1) is 11.9 Å². The minimum absolute atomic E-state index is 0.419. The summed E-state index contributed by atoms with van der Waals surface area (Å²) >= 11 is 3.43. The third-order valence-corrected chi connectivity index (χ3v) is 6.14. The van der Waals surface area contributed by atoms with Crippen LogP contribution in [0.15, 0.2) is 34.9 Å². The maximum atomic E-state index is 11.8. The van der Waals surface area contributed by atoms with Gasteiger partial charge in [-0.15, -0.1) is 5.10 Å². The molecule has 0 radical (unpaired) electrons. The molecule has 0 bridgehead atoms. The van der Waals surface area contributed by atoms with E-state index in [1.807, 2.05) is 24.3 Å². The van der Waals surface area contributed by atoms with E-state index in [0.29, 0.717) is 18.5 Å². The van der Waals surface area contributed by atoms with Gasteiger partial charge in [-0.3, -0.25) is 0 Å². The third-order valence-electron chi connectivity index (χ3n) is 3.77. The molecular weight excluding hydrogens is 344 g/mol. The largest absolute Gasteiger partial charge is 0.228 e. The fourth-order valence-electron chi connectivity index (χ4n) is 2.41. The van der Waals surface area contributed by atoms with E-state index >= 15 is 0 Å². The second-order valence-electron chi connectivity index (χ2n) is 4.89. The molecule has 106 valence electrons. The zero-order valence-corrected chi connectivity index (χ0v) is 12.9. The van der Waals surface area contributed by atoms with Crippen molar-refractivity contribution in [1.82, 2.24) is 15.0 Å².